The van der Waals surface area contributed by atoms with Crippen molar-refractivity contribution < 1.29 is 19.4 Å². The number of carbonyl (C=O) groups excluding carboxylic acids is 1. The van der Waals surface area contributed by atoms with Crippen LogP contribution in [0.15, 0.2) is 23.1 Å². The summed E-state index contributed by atoms with van der Waals surface area (Å²) in [4.78, 5) is 43.6. The van der Waals surface area contributed by atoms with E-state index in [1.807, 2.05) is 0 Å². The van der Waals surface area contributed by atoms with Gasteiger partial charge >= 0.3 is 5.97 Å². The molecule has 1 amide bonds. The fraction of sp³-hybridized carbons (Fsp3) is 0.556. The van der Waals surface area contributed by atoms with Crippen molar-refractivity contribution in [1.82, 2.24) is 15.3 Å². The number of aromatic nitrogens is 2. The van der Waals surface area contributed by atoms with E-state index in [4.69, 9.17) is 9.72 Å². The van der Waals surface area contributed by atoms with Gasteiger partial charge in [-0.25, -0.2) is 4.79 Å². The summed E-state index contributed by atoms with van der Waals surface area (Å²) in [5.74, 6) is -1.07. The third kappa shape index (κ3) is 6.17. The number of aliphatic carboxylic acids is 1. The van der Waals surface area contributed by atoms with E-state index < -0.39 is 17.9 Å². The van der Waals surface area contributed by atoms with Crippen molar-refractivity contribution in [2.45, 2.75) is 83.8 Å². The first-order valence-corrected chi connectivity index (χ1v) is 12.6. The highest BCUT2D eigenvalue weighted by Crippen LogP contribution is 2.34. The molecule has 8 nitrogen and oxygen atoms in total. The van der Waals surface area contributed by atoms with Crippen molar-refractivity contribution in [2.75, 3.05) is 6.61 Å². The quantitative estimate of drug-likeness (QED) is 0.479. The van der Waals surface area contributed by atoms with E-state index in [1.54, 1.807) is 13.8 Å². The molecule has 188 valence electrons. The fourth-order valence-electron chi connectivity index (χ4n) is 5.12. The average molecular weight is 482 g/mol. The summed E-state index contributed by atoms with van der Waals surface area (Å²) >= 11 is 0. The molecule has 2 aliphatic carbocycles. The zero-order valence-electron chi connectivity index (χ0n) is 20.6. The van der Waals surface area contributed by atoms with Crippen molar-refractivity contribution >= 4 is 11.9 Å². The van der Waals surface area contributed by atoms with Gasteiger partial charge in [0.05, 0.1) is 11.7 Å². The molecular weight excluding hydrogens is 446 g/mol. The maximum Gasteiger partial charge on any atom is 0.326 e. The third-order valence-electron chi connectivity index (χ3n) is 7.36. The molecule has 2 aromatic heterocycles. The lowest BCUT2D eigenvalue weighted by molar-refractivity contribution is -0.140. The molecule has 1 saturated carbocycles. The van der Waals surface area contributed by atoms with Gasteiger partial charge < -0.3 is 20.1 Å². The summed E-state index contributed by atoms with van der Waals surface area (Å²) in [5, 5.41) is 12.1. The molecule has 1 fully saturated rings. The number of aryl methyl sites for hydroxylation is 4. The standard InChI is InChI=1S/C27H35N3O5/c1-16-15-28-25(31)17(2)24(16)26(32)30-23(27(33)34)11-12-35-21-13-18(14-21)7-9-20-10-8-19-5-3-4-6-22(19)29-20/h8,10,15,18,21,23H,3-7,9,11-14H2,1-2H3,(H,28,31)(H,30,32)(H,33,34)/t18?,21?,23-/m0/s1. The summed E-state index contributed by atoms with van der Waals surface area (Å²) in [7, 11) is 0. The minimum absolute atomic E-state index is 0.138. The second-order valence-electron chi connectivity index (χ2n) is 9.94. The summed E-state index contributed by atoms with van der Waals surface area (Å²) in [5.41, 5.74) is 4.60. The number of fused-ring (bicyclic) bond motifs is 1. The van der Waals surface area contributed by atoms with Gasteiger partial charge in [-0.15, -0.1) is 0 Å². The van der Waals surface area contributed by atoms with Gasteiger partial charge in [0.25, 0.3) is 11.5 Å². The van der Waals surface area contributed by atoms with E-state index in [2.05, 4.69) is 22.4 Å². The third-order valence-corrected chi connectivity index (χ3v) is 7.36. The first kappa shape index (κ1) is 25.1. The van der Waals surface area contributed by atoms with Gasteiger partial charge in [-0.3, -0.25) is 14.6 Å². The Morgan fingerprint density at radius 2 is 2.00 bits per heavy atom. The fourth-order valence-corrected chi connectivity index (χ4v) is 5.12. The molecule has 0 bridgehead atoms. The molecule has 2 aromatic rings. The maximum atomic E-state index is 12.7. The van der Waals surface area contributed by atoms with Crippen LogP contribution in [0.4, 0.5) is 0 Å². The number of H-pyrrole nitrogens is 1. The van der Waals surface area contributed by atoms with E-state index in [-0.39, 0.29) is 35.8 Å². The Hall–Kier alpha value is -3.00. The van der Waals surface area contributed by atoms with E-state index in [0.29, 0.717) is 11.5 Å². The second-order valence-corrected chi connectivity index (χ2v) is 9.94. The molecule has 0 saturated heterocycles. The number of hydrogen-bond donors (Lipinski definition) is 3. The lowest BCUT2D eigenvalue weighted by atomic mass is 9.79. The Bertz CT molecular complexity index is 1140. The van der Waals surface area contributed by atoms with Crippen molar-refractivity contribution in [3.05, 3.63) is 62.3 Å². The molecule has 3 N–H and O–H groups in total. The zero-order valence-corrected chi connectivity index (χ0v) is 20.6. The Balaban J connectivity index is 1.18. The first-order valence-electron chi connectivity index (χ1n) is 12.6. The first-order chi connectivity index (χ1) is 16.8. The Morgan fingerprint density at radius 1 is 1.23 bits per heavy atom. The van der Waals surface area contributed by atoms with Crippen molar-refractivity contribution in [2.24, 2.45) is 5.92 Å². The van der Waals surface area contributed by atoms with Crippen LogP contribution >= 0.6 is 0 Å². The number of nitrogens with one attached hydrogen (secondary N) is 2. The van der Waals surface area contributed by atoms with Crippen LogP contribution in [0.5, 0.6) is 0 Å². The van der Waals surface area contributed by atoms with Crippen LogP contribution in [0.3, 0.4) is 0 Å². The molecule has 0 spiro atoms. The SMILES string of the molecule is Cc1c[nH]c(=O)c(C)c1C(=O)N[C@@H](CCOC1CC(CCc2ccc3c(n2)CCCC3)C1)C(=O)O. The van der Waals surface area contributed by atoms with Crippen LogP contribution in [-0.2, 0) is 28.8 Å². The number of rotatable bonds is 10. The molecular formula is C27H35N3O5. The number of carbonyl (C=O) groups is 2. The summed E-state index contributed by atoms with van der Waals surface area (Å²) in [6, 6.07) is 3.34. The normalized spacial score (nSPS) is 19.9. The van der Waals surface area contributed by atoms with Gasteiger partial charge in [0, 0.05) is 36.2 Å². The predicted octanol–water partition coefficient (Wildman–Crippen LogP) is 3.27. The summed E-state index contributed by atoms with van der Waals surface area (Å²) in [6.07, 6.45) is 10.5. The molecule has 2 heterocycles. The van der Waals surface area contributed by atoms with Gasteiger partial charge in [-0.1, -0.05) is 6.07 Å². The van der Waals surface area contributed by atoms with Crippen LogP contribution in [0.1, 0.15) is 77.0 Å². The lowest BCUT2D eigenvalue weighted by Crippen LogP contribution is -2.43. The number of pyridine rings is 2. The number of nitrogens with zero attached hydrogens (tertiary/aromatic N) is 1. The highest BCUT2D eigenvalue weighted by Gasteiger charge is 2.30. The number of carboxylic acid groups (broad SMARTS) is 1. The Morgan fingerprint density at radius 3 is 2.77 bits per heavy atom. The van der Waals surface area contributed by atoms with Gasteiger partial charge in [0.2, 0.25) is 0 Å². The summed E-state index contributed by atoms with van der Waals surface area (Å²) < 4.78 is 5.88. The van der Waals surface area contributed by atoms with Crippen LogP contribution in [0.2, 0.25) is 0 Å². The minimum atomic E-state index is -1.12. The van der Waals surface area contributed by atoms with Crippen molar-refractivity contribution in [1.29, 1.82) is 0 Å². The lowest BCUT2D eigenvalue weighted by Gasteiger charge is -2.35. The van der Waals surface area contributed by atoms with Crippen molar-refractivity contribution in [3.63, 3.8) is 0 Å². The summed E-state index contributed by atoms with van der Waals surface area (Å²) in [6.45, 7) is 3.51. The molecule has 2 aliphatic rings. The molecule has 4 rings (SSSR count). The minimum Gasteiger partial charge on any atom is -0.480 e. The van der Waals surface area contributed by atoms with E-state index >= 15 is 0 Å². The number of amides is 1. The van der Waals surface area contributed by atoms with Gasteiger partial charge in [-0.05, 0) is 88.3 Å². The number of aromatic amines is 1. The molecule has 35 heavy (non-hydrogen) atoms. The van der Waals surface area contributed by atoms with Crippen LogP contribution in [-0.4, -0.2) is 45.7 Å². The van der Waals surface area contributed by atoms with Crippen LogP contribution < -0.4 is 10.9 Å². The molecule has 0 radical (unpaired) electrons. The monoisotopic (exact) mass is 481 g/mol. The van der Waals surface area contributed by atoms with Gasteiger partial charge in [0.15, 0.2) is 0 Å². The molecule has 1 atom stereocenters. The zero-order chi connectivity index (χ0) is 24.9. The smallest absolute Gasteiger partial charge is 0.326 e. The molecule has 0 aromatic carbocycles. The van der Waals surface area contributed by atoms with Crippen LogP contribution in [0.25, 0.3) is 0 Å². The topological polar surface area (TPSA) is 121 Å². The maximum absolute atomic E-state index is 12.7. The Labute approximate surface area is 205 Å². The second kappa shape index (κ2) is 11.2. The predicted molar refractivity (Wildman–Crippen MR) is 132 cm³/mol. The van der Waals surface area contributed by atoms with E-state index in [0.717, 1.165) is 38.5 Å². The highest BCUT2D eigenvalue weighted by molar-refractivity contribution is 5.98. The number of hydrogen-bond acceptors (Lipinski definition) is 5. The average Bonchev–Trinajstić information content (AvgIpc) is 2.81. The number of carboxylic acids is 1. The van der Waals surface area contributed by atoms with E-state index in [9.17, 15) is 19.5 Å². The van der Waals surface area contributed by atoms with Crippen LogP contribution in [0, 0.1) is 19.8 Å². The highest BCUT2D eigenvalue weighted by atomic mass is 16.5. The molecule has 0 unspecified atom stereocenters. The largest absolute Gasteiger partial charge is 0.480 e. The van der Waals surface area contributed by atoms with Gasteiger partial charge in [0.1, 0.15) is 6.04 Å². The Kier molecular flexibility index (Phi) is 8.00. The van der Waals surface area contributed by atoms with E-state index in [1.165, 1.54) is 36.0 Å². The molecule has 8 heteroatoms. The van der Waals surface area contributed by atoms with Gasteiger partial charge in [-0.2, -0.15) is 0 Å². The van der Waals surface area contributed by atoms with Crippen molar-refractivity contribution in [3.8, 4) is 0 Å². The number of ether oxygens (including phenoxy) is 1. The molecule has 0 aliphatic heterocycles.